The first-order chi connectivity index (χ1) is 10.2. The van der Waals surface area contributed by atoms with Crippen molar-refractivity contribution in [3.8, 4) is 5.75 Å². The van der Waals surface area contributed by atoms with Gasteiger partial charge in [-0.3, -0.25) is 4.79 Å². The summed E-state index contributed by atoms with van der Waals surface area (Å²) in [4.78, 5) is 13.1. The van der Waals surface area contributed by atoms with Crippen molar-refractivity contribution in [2.45, 2.75) is 13.5 Å². The number of hydrogen-bond acceptors (Lipinski definition) is 3. The van der Waals surface area contributed by atoms with Crippen LogP contribution in [-0.4, -0.2) is 17.0 Å². The maximum atomic E-state index is 12.3. The van der Waals surface area contributed by atoms with Gasteiger partial charge in [0.05, 0.1) is 27.3 Å². The second-order valence-corrected chi connectivity index (χ2v) is 7.06. The molecule has 0 N–H and O–H groups in total. The van der Waals surface area contributed by atoms with Gasteiger partial charge in [0.15, 0.2) is 5.78 Å². The second kappa shape index (κ2) is 6.03. The highest BCUT2D eigenvalue weighted by Crippen LogP contribution is 2.28. The van der Waals surface area contributed by atoms with Crippen LogP contribution in [0.25, 0.3) is 10.9 Å². The lowest BCUT2D eigenvalue weighted by Gasteiger charge is -2.07. The molecule has 2 aromatic heterocycles. The molecule has 0 unspecified atom stereocenters. The molecule has 0 amide bonds. The molecular weight excluding hydrogens is 350 g/mol. The monoisotopic (exact) mass is 363 g/mol. The average molecular weight is 364 g/mol. The number of Topliss-reactive ketones (excluding diaryl/α,β-unsaturated/α-hetero) is 1. The Morgan fingerprint density at radius 2 is 2.14 bits per heavy atom. The van der Waals surface area contributed by atoms with Gasteiger partial charge in [0.1, 0.15) is 5.75 Å². The summed E-state index contributed by atoms with van der Waals surface area (Å²) in [6.45, 7) is 2.94. The van der Waals surface area contributed by atoms with Gasteiger partial charge in [0.25, 0.3) is 0 Å². The zero-order valence-electron chi connectivity index (χ0n) is 11.5. The summed E-state index contributed by atoms with van der Waals surface area (Å²) < 4.78 is 8.56. The number of aromatic nitrogens is 1. The van der Waals surface area contributed by atoms with Gasteiger partial charge in [-0.15, -0.1) is 11.3 Å². The van der Waals surface area contributed by atoms with E-state index in [4.69, 9.17) is 4.74 Å². The molecule has 0 aliphatic heterocycles. The van der Waals surface area contributed by atoms with Crippen LogP contribution in [0.5, 0.6) is 5.75 Å². The van der Waals surface area contributed by atoms with Gasteiger partial charge in [0.2, 0.25) is 0 Å². The summed E-state index contributed by atoms with van der Waals surface area (Å²) in [5.74, 6) is 0.977. The normalized spacial score (nSPS) is 11.0. The van der Waals surface area contributed by atoms with E-state index in [1.807, 2.05) is 54.1 Å². The lowest BCUT2D eigenvalue weighted by Crippen LogP contribution is -2.07. The number of carbonyl (C=O) groups excluding carboxylic acids is 1. The number of hydrogen-bond donors (Lipinski definition) is 0. The molecule has 0 radical (unpaired) electrons. The minimum Gasteiger partial charge on any atom is -0.493 e. The Labute approximate surface area is 135 Å². The van der Waals surface area contributed by atoms with Gasteiger partial charge in [-0.25, -0.2) is 0 Å². The van der Waals surface area contributed by atoms with E-state index in [2.05, 4.69) is 15.9 Å². The maximum Gasteiger partial charge on any atom is 0.192 e. The van der Waals surface area contributed by atoms with E-state index < -0.39 is 0 Å². The van der Waals surface area contributed by atoms with Crippen molar-refractivity contribution in [1.82, 2.24) is 4.57 Å². The van der Waals surface area contributed by atoms with Crippen molar-refractivity contribution in [2.75, 3.05) is 6.61 Å². The zero-order chi connectivity index (χ0) is 14.8. The van der Waals surface area contributed by atoms with Gasteiger partial charge in [0, 0.05) is 11.6 Å². The number of carbonyl (C=O) groups is 1. The standard InChI is InChI=1S/C16H14BrNO2S/c1-2-20-14-5-3-4-12-11(14)8-9-18(12)10-13(19)15-6-7-16(17)21-15/h3-9H,2,10H2,1H3. The molecule has 5 heteroatoms. The molecule has 3 nitrogen and oxygen atoms in total. The predicted molar refractivity (Wildman–Crippen MR) is 89.5 cm³/mol. The van der Waals surface area contributed by atoms with Gasteiger partial charge < -0.3 is 9.30 Å². The van der Waals surface area contributed by atoms with Crippen LogP contribution in [-0.2, 0) is 6.54 Å². The summed E-state index contributed by atoms with van der Waals surface area (Å²) in [5.41, 5.74) is 1.02. The van der Waals surface area contributed by atoms with Gasteiger partial charge in [-0.2, -0.15) is 0 Å². The Balaban J connectivity index is 1.91. The third-order valence-electron chi connectivity index (χ3n) is 3.24. The van der Waals surface area contributed by atoms with Gasteiger partial charge >= 0.3 is 0 Å². The molecule has 3 rings (SSSR count). The van der Waals surface area contributed by atoms with E-state index in [0.29, 0.717) is 13.2 Å². The first-order valence-electron chi connectivity index (χ1n) is 6.68. The molecule has 0 aliphatic rings. The number of ketones is 1. The fraction of sp³-hybridized carbons (Fsp3) is 0.188. The molecule has 0 spiro atoms. The molecule has 108 valence electrons. The Kier molecular flexibility index (Phi) is 4.12. The number of halogens is 1. The molecule has 0 saturated carbocycles. The third kappa shape index (κ3) is 2.89. The minimum absolute atomic E-state index is 0.116. The van der Waals surface area contributed by atoms with Crippen LogP contribution < -0.4 is 4.74 Å². The quantitative estimate of drug-likeness (QED) is 0.612. The Bertz CT molecular complexity index is 791. The van der Waals surface area contributed by atoms with Crippen LogP contribution in [0, 0.1) is 0 Å². The van der Waals surface area contributed by atoms with Crippen LogP contribution in [0.2, 0.25) is 0 Å². The molecule has 0 aliphatic carbocycles. The first kappa shape index (κ1) is 14.4. The predicted octanol–water partition coefficient (Wildman–Crippen LogP) is 4.75. The van der Waals surface area contributed by atoms with Crippen molar-refractivity contribution in [3.63, 3.8) is 0 Å². The fourth-order valence-corrected chi connectivity index (χ4v) is 3.63. The van der Waals surface area contributed by atoms with E-state index in [0.717, 1.165) is 25.3 Å². The maximum absolute atomic E-state index is 12.3. The Hall–Kier alpha value is -1.59. The summed E-state index contributed by atoms with van der Waals surface area (Å²) in [6.07, 6.45) is 1.94. The van der Waals surface area contributed by atoms with Crippen LogP contribution in [0.4, 0.5) is 0 Å². The van der Waals surface area contributed by atoms with Crippen molar-refractivity contribution < 1.29 is 9.53 Å². The third-order valence-corrected chi connectivity index (χ3v) is 4.90. The van der Waals surface area contributed by atoms with E-state index in [-0.39, 0.29) is 5.78 Å². The summed E-state index contributed by atoms with van der Waals surface area (Å²) in [6, 6.07) is 11.7. The summed E-state index contributed by atoms with van der Waals surface area (Å²) in [5, 5.41) is 1.04. The fourth-order valence-electron chi connectivity index (χ4n) is 2.31. The molecule has 21 heavy (non-hydrogen) atoms. The van der Waals surface area contributed by atoms with Crippen LogP contribution in [0.1, 0.15) is 16.6 Å². The molecule has 0 bridgehead atoms. The van der Waals surface area contributed by atoms with Crippen LogP contribution in [0.15, 0.2) is 46.4 Å². The van der Waals surface area contributed by atoms with Crippen molar-refractivity contribution in [1.29, 1.82) is 0 Å². The zero-order valence-corrected chi connectivity index (χ0v) is 13.9. The van der Waals surface area contributed by atoms with Crippen LogP contribution >= 0.6 is 27.3 Å². The lowest BCUT2D eigenvalue weighted by atomic mass is 10.2. The Morgan fingerprint density at radius 1 is 1.29 bits per heavy atom. The molecule has 0 atom stereocenters. The second-order valence-electron chi connectivity index (χ2n) is 4.59. The van der Waals surface area contributed by atoms with Crippen LogP contribution in [0.3, 0.4) is 0 Å². The van der Waals surface area contributed by atoms with E-state index in [1.54, 1.807) is 0 Å². The lowest BCUT2D eigenvalue weighted by molar-refractivity contribution is 0.0977. The summed E-state index contributed by atoms with van der Waals surface area (Å²) >= 11 is 4.85. The smallest absolute Gasteiger partial charge is 0.192 e. The minimum atomic E-state index is 0.116. The highest BCUT2D eigenvalue weighted by molar-refractivity contribution is 9.11. The number of benzene rings is 1. The topological polar surface area (TPSA) is 31.2 Å². The van der Waals surface area contributed by atoms with Gasteiger partial charge in [-0.1, -0.05) is 6.07 Å². The van der Waals surface area contributed by atoms with E-state index in [9.17, 15) is 4.79 Å². The molecular formula is C16H14BrNO2S. The SMILES string of the molecule is CCOc1cccc2c1ccn2CC(=O)c1ccc(Br)s1. The number of thiophene rings is 1. The largest absolute Gasteiger partial charge is 0.493 e. The molecule has 0 fully saturated rings. The summed E-state index contributed by atoms with van der Waals surface area (Å²) in [7, 11) is 0. The number of nitrogens with zero attached hydrogens (tertiary/aromatic N) is 1. The number of ether oxygens (including phenoxy) is 1. The number of rotatable bonds is 5. The van der Waals surface area contributed by atoms with Crippen molar-refractivity contribution in [2.24, 2.45) is 0 Å². The molecule has 1 aromatic carbocycles. The highest BCUT2D eigenvalue weighted by atomic mass is 79.9. The number of fused-ring (bicyclic) bond motifs is 1. The molecule has 3 aromatic rings. The highest BCUT2D eigenvalue weighted by Gasteiger charge is 2.12. The first-order valence-corrected chi connectivity index (χ1v) is 8.29. The van der Waals surface area contributed by atoms with E-state index in [1.165, 1.54) is 11.3 Å². The van der Waals surface area contributed by atoms with E-state index >= 15 is 0 Å². The van der Waals surface area contributed by atoms with Crippen molar-refractivity contribution >= 4 is 44.0 Å². The average Bonchev–Trinajstić information content (AvgIpc) is 3.07. The van der Waals surface area contributed by atoms with Gasteiger partial charge in [-0.05, 0) is 53.2 Å². The molecule has 0 saturated heterocycles. The van der Waals surface area contributed by atoms with Crippen molar-refractivity contribution in [3.05, 3.63) is 51.3 Å². The molecule has 2 heterocycles. The Morgan fingerprint density at radius 3 is 2.86 bits per heavy atom.